The zero-order valence-corrected chi connectivity index (χ0v) is 18.2. The second-order valence-corrected chi connectivity index (χ2v) is 8.50. The molecule has 0 radical (unpaired) electrons. The third kappa shape index (κ3) is 8.46. The number of carbonyl (C=O) groups is 3. The predicted octanol–water partition coefficient (Wildman–Crippen LogP) is 3.18. The minimum Gasteiger partial charge on any atom is -0.481 e. The van der Waals surface area contributed by atoms with Crippen LogP contribution in [0.4, 0.5) is 0 Å². The first-order valence-corrected chi connectivity index (χ1v) is 11.6. The molecule has 2 aliphatic rings. The summed E-state index contributed by atoms with van der Waals surface area (Å²) in [7, 11) is 0. The van der Waals surface area contributed by atoms with Gasteiger partial charge in [0.1, 0.15) is 0 Å². The largest absolute Gasteiger partial charge is 0.481 e. The summed E-state index contributed by atoms with van der Waals surface area (Å²) in [6.45, 7) is 2.74. The van der Waals surface area contributed by atoms with E-state index in [0.29, 0.717) is 31.2 Å². The molecule has 0 aromatic carbocycles. The average Bonchev–Trinajstić information content (AvgIpc) is 3.32. The molecule has 2 saturated heterocycles. The number of amides is 2. The number of fused-ring (bicyclic) bond motifs is 2. The molecule has 7 nitrogen and oxygen atoms in total. The van der Waals surface area contributed by atoms with E-state index in [4.69, 9.17) is 9.84 Å². The van der Waals surface area contributed by atoms with Gasteiger partial charge in [-0.05, 0) is 44.4 Å². The normalized spacial score (nSPS) is 25.0. The summed E-state index contributed by atoms with van der Waals surface area (Å²) in [6.07, 6.45) is 13.9. The molecule has 2 bridgehead atoms. The molecule has 2 rings (SSSR count). The lowest BCUT2D eigenvalue weighted by Crippen LogP contribution is -2.42. The van der Waals surface area contributed by atoms with Crippen molar-refractivity contribution in [3.63, 3.8) is 0 Å². The van der Waals surface area contributed by atoms with Gasteiger partial charge in [0.05, 0.1) is 18.8 Å². The lowest BCUT2D eigenvalue weighted by atomic mass is 9.77. The number of carboxylic acids is 1. The van der Waals surface area contributed by atoms with E-state index < -0.39 is 5.97 Å². The van der Waals surface area contributed by atoms with Gasteiger partial charge in [-0.3, -0.25) is 14.4 Å². The topological polar surface area (TPSA) is 105 Å². The van der Waals surface area contributed by atoms with E-state index in [1.165, 1.54) is 0 Å². The van der Waals surface area contributed by atoms with Crippen molar-refractivity contribution < 1.29 is 24.2 Å². The molecule has 170 valence electrons. The van der Waals surface area contributed by atoms with Gasteiger partial charge in [0.25, 0.3) is 0 Å². The minimum absolute atomic E-state index is 0.0302. The zero-order valence-electron chi connectivity index (χ0n) is 18.2. The summed E-state index contributed by atoms with van der Waals surface area (Å²) in [5.74, 6) is -0.291. The number of hydrogen-bond acceptors (Lipinski definition) is 4. The Hall–Kier alpha value is -1.89. The molecule has 0 spiro atoms. The molecule has 0 saturated carbocycles. The predicted molar refractivity (Wildman–Crippen MR) is 115 cm³/mol. The Bertz CT molecular complexity index is 592. The van der Waals surface area contributed by atoms with Crippen molar-refractivity contribution in [3.8, 4) is 0 Å². The van der Waals surface area contributed by atoms with Gasteiger partial charge in [-0.25, -0.2) is 0 Å². The van der Waals surface area contributed by atoms with Crippen molar-refractivity contribution in [1.82, 2.24) is 10.6 Å². The second-order valence-electron chi connectivity index (χ2n) is 8.50. The van der Waals surface area contributed by atoms with Crippen molar-refractivity contribution in [2.24, 2.45) is 11.8 Å². The third-order valence-corrected chi connectivity index (χ3v) is 6.17. The maximum absolute atomic E-state index is 12.2. The fourth-order valence-corrected chi connectivity index (χ4v) is 4.50. The van der Waals surface area contributed by atoms with E-state index in [2.05, 4.69) is 29.7 Å². The van der Waals surface area contributed by atoms with Crippen molar-refractivity contribution >= 4 is 17.8 Å². The van der Waals surface area contributed by atoms with E-state index in [0.717, 1.165) is 51.4 Å². The van der Waals surface area contributed by atoms with Crippen LogP contribution in [-0.2, 0) is 19.1 Å². The molecule has 7 heteroatoms. The first kappa shape index (κ1) is 24.4. The Morgan fingerprint density at radius 1 is 0.933 bits per heavy atom. The smallest absolute Gasteiger partial charge is 0.303 e. The molecule has 30 heavy (non-hydrogen) atoms. The summed E-state index contributed by atoms with van der Waals surface area (Å²) < 4.78 is 6.07. The van der Waals surface area contributed by atoms with Gasteiger partial charge >= 0.3 is 5.97 Å². The van der Waals surface area contributed by atoms with Gasteiger partial charge < -0.3 is 20.5 Å². The average molecular weight is 423 g/mol. The van der Waals surface area contributed by atoms with Crippen molar-refractivity contribution in [2.75, 3.05) is 13.1 Å². The van der Waals surface area contributed by atoms with Gasteiger partial charge in [-0.15, -0.1) is 0 Å². The maximum Gasteiger partial charge on any atom is 0.303 e. The highest BCUT2D eigenvalue weighted by Crippen LogP contribution is 2.44. The van der Waals surface area contributed by atoms with Gasteiger partial charge in [0.15, 0.2) is 0 Å². The van der Waals surface area contributed by atoms with E-state index >= 15 is 0 Å². The molecule has 2 aliphatic heterocycles. The first-order chi connectivity index (χ1) is 14.5. The lowest BCUT2D eigenvalue weighted by molar-refractivity contribution is -0.137. The first-order valence-electron chi connectivity index (χ1n) is 11.6. The zero-order chi connectivity index (χ0) is 21.8. The van der Waals surface area contributed by atoms with Crippen LogP contribution in [-0.4, -0.2) is 48.2 Å². The van der Waals surface area contributed by atoms with Crippen molar-refractivity contribution in [3.05, 3.63) is 12.2 Å². The van der Waals surface area contributed by atoms with E-state index in [1.807, 2.05) is 0 Å². The standard InChI is InChI=1S/C23H38N2O5/c1-2-3-4-8-11-21(26)25-16-22(27)24-15-18-17(19-13-14-20(18)30-19)10-7-5-6-9-12-23(28)29/h5,7,17-20H,2-4,6,8-16H2,1H3,(H,24,27)(H,25,26)(H,28,29)/b7-5-/t17-,18+,19-,20?/m1/s1. The van der Waals surface area contributed by atoms with E-state index in [-0.39, 0.29) is 37.0 Å². The molecule has 0 aromatic rings. The van der Waals surface area contributed by atoms with Crippen LogP contribution in [0.2, 0.25) is 0 Å². The van der Waals surface area contributed by atoms with Gasteiger partial charge in [-0.2, -0.15) is 0 Å². The molecule has 0 aromatic heterocycles. The molecule has 4 atom stereocenters. The number of ether oxygens (including phenoxy) is 1. The molecule has 1 unspecified atom stereocenters. The number of carbonyl (C=O) groups excluding carboxylic acids is 2. The summed E-state index contributed by atoms with van der Waals surface area (Å²) in [4.78, 5) is 34.5. The number of unbranched alkanes of at least 4 members (excludes halogenated alkanes) is 4. The highest BCUT2D eigenvalue weighted by Gasteiger charge is 2.47. The number of aliphatic carboxylic acids is 1. The minimum atomic E-state index is -0.756. The van der Waals surface area contributed by atoms with E-state index in [9.17, 15) is 14.4 Å². The van der Waals surface area contributed by atoms with Crippen LogP contribution >= 0.6 is 0 Å². The molecular weight excluding hydrogens is 384 g/mol. The lowest BCUT2D eigenvalue weighted by Gasteiger charge is -2.27. The third-order valence-electron chi connectivity index (χ3n) is 6.17. The van der Waals surface area contributed by atoms with Crippen LogP contribution < -0.4 is 10.6 Å². The van der Waals surface area contributed by atoms with Crippen LogP contribution in [0.15, 0.2) is 12.2 Å². The Morgan fingerprint density at radius 3 is 2.43 bits per heavy atom. The van der Waals surface area contributed by atoms with Gasteiger partial charge in [-0.1, -0.05) is 38.3 Å². The Morgan fingerprint density at radius 2 is 1.70 bits per heavy atom. The summed E-state index contributed by atoms with van der Waals surface area (Å²) in [5.41, 5.74) is 0. The summed E-state index contributed by atoms with van der Waals surface area (Å²) in [6, 6.07) is 0. The molecule has 3 N–H and O–H groups in total. The molecule has 2 fully saturated rings. The number of rotatable bonds is 15. The summed E-state index contributed by atoms with van der Waals surface area (Å²) >= 11 is 0. The SMILES string of the molecule is CCCCCCC(=O)NCC(=O)NC[C@@H]1C2CC[C@@H](O2)[C@@H]1C/C=C\CCCC(=O)O. The fourth-order valence-electron chi connectivity index (χ4n) is 4.50. The number of allylic oxidation sites excluding steroid dienone is 2. The number of hydrogen-bond donors (Lipinski definition) is 3. The van der Waals surface area contributed by atoms with Crippen LogP contribution in [0, 0.1) is 11.8 Å². The van der Waals surface area contributed by atoms with Crippen molar-refractivity contribution in [2.45, 2.75) is 89.8 Å². The second kappa shape index (κ2) is 13.4. The van der Waals surface area contributed by atoms with Gasteiger partial charge in [0, 0.05) is 25.3 Å². The van der Waals surface area contributed by atoms with Crippen LogP contribution in [0.3, 0.4) is 0 Å². The Balaban J connectivity index is 1.66. The fraction of sp³-hybridized carbons (Fsp3) is 0.783. The molecule has 2 heterocycles. The molecular formula is C23H38N2O5. The molecule has 0 aliphatic carbocycles. The van der Waals surface area contributed by atoms with Crippen LogP contribution in [0.5, 0.6) is 0 Å². The molecule has 2 amide bonds. The van der Waals surface area contributed by atoms with Crippen molar-refractivity contribution in [1.29, 1.82) is 0 Å². The van der Waals surface area contributed by atoms with Crippen LogP contribution in [0.25, 0.3) is 0 Å². The number of nitrogens with one attached hydrogen (secondary N) is 2. The highest BCUT2D eigenvalue weighted by molar-refractivity contribution is 5.84. The monoisotopic (exact) mass is 422 g/mol. The highest BCUT2D eigenvalue weighted by atomic mass is 16.5. The quantitative estimate of drug-likeness (QED) is 0.278. The van der Waals surface area contributed by atoms with Crippen LogP contribution in [0.1, 0.15) is 77.6 Å². The Kier molecular flexibility index (Phi) is 10.9. The maximum atomic E-state index is 12.2. The Labute approximate surface area is 180 Å². The number of carboxylic acid groups (broad SMARTS) is 1. The summed E-state index contributed by atoms with van der Waals surface area (Å²) in [5, 5.41) is 14.4. The van der Waals surface area contributed by atoms with Gasteiger partial charge in [0.2, 0.25) is 11.8 Å². The van der Waals surface area contributed by atoms with E-state index in [1.54, 1.807) is 0 Å².